The molecular weight excluding hydrogens is 420 g/mol. The van der Waals surface area contributed by atoms with Gasteiger partial charge in [-0.2, -0.15) is 8.42 Å². The van der Waals surface area contributed by atoms with Crippen molar-refractivity contribution in [3.8, 4) is 5.75 Å². The summed E-state index contributed by atoms with van der Waals surface area (Å²) in [6, 6.07) is 10.9. The molecule has 0 bridgehead atoms. The van der Waals surface area contributed by atoms with Crippen LogP contribution in [0.3, 0.4) is 0 Å². The molecule has 31 heavy (non-hydrogen) atoms. The predicted octanol–water partition coefficient (Wildman–Crippen LogP) is 2.66. The number of hydrogen-bond acceptors (Lipinski definition) is 6. The first-order valence-corrected chi connectivity index (χ1v) is 11.6. The van der Waals surface area contributed by atoms with Crippen molar-refractivity contribution in [3.05, 3.63) is 59.3 Å². The molecule has 4 unspecified atom stereocenters. The molecule has 5 rings (SSSR count). The Morgan fingerprint density at radius 1 is 1.13 bits per heavy atom. The van der Waals surface area contributed by atoms with Crippen LogP contribution in [-0.2, 0) is 14.9 Å². The lowest BCUT2D eigenvalue weighted by Crippen LogP contribution is -2.46. The molecule has 1 fully saturated rings. The van der Waals surface area contributed by atoms with E-state index in [2.05, 4.69) is 5.32 Å². The van der Waals surface area contributed by atoms with E-state index in [9.17, 15) is 28.0 Å². The van der Waals surface area contributed by atoms with Crippen LogP contribution in [0, 0.1) is 5.92 Å². The highest BCUT2D eigenvalue weighted by Gasteiger charge is 2.50. The maximum absolute atomic E-state index is 13.0. The van der Waals surface area contributed by atoms with E-state index in [1.54, 1.807) is 35.2 Å². The van der Waals surface area contributed by atoms with Gasteiger partial charge in [0.25, 0.3) is 16.0 Å². The number of carbonyl (C=O) groups is 1. The summed E-state index contributed by atoms with van der Waals surface area (Å²) in [4.78, 5) is 14.7. The quantitative estimate of drug-likeness (QED) is 0.320. The van der Waals surface area contributed by atoms with E-state index in [0.717, 1.165) is 0 Å². The molecule has 3 aliphatic rings. The average molecular weight is 442 g/mol. The number of fused-ring (bicyclic) bond motifs is 2. The van der Waals surface area contributed by atoms with Crippen molar-refractivity contribution >= 4 is 33.0 Å². The minimum Gasteiger partial charge on any atom is -0.508 e. The van der Waals surface area contributed by atoms with Crippen LogP contribution in [0.15, 0.2) is 48.2 Å². The molecule has 0 aromatic heterocycles. The molecule has 4 atom stereocenters. The lowest BCUT2D eigenvalue weighted by Gasteiger charge is -2.35. The molecule has 0 spiro atoms. The number of nitrogens with zero attached hydrogens (tertiary/aromatic N) is 1. The molecule has 2 aliphatic heterocycles. The van der Waals surface area contributed by atoms with Crippen molar-refractivity contribution in [1.29, 1.82) is 0 Å². The van der Waals surface area contributed by atoms with Gasteiger partial charge in [0, 0.05) is 22.5 Å². The molecule has 2 aromatic carbocycles. The minimum atomic E-state index is -4.36. The van der Waals surface area contributed by atoms with Crippen LogP contribution in [0.25, 0.3) is 5.57 Å². The predicted molar refractivity (Wildman–Crippen MR) is 115 cm³/mol. The van der Waals surface area contributed by atoms with Gasteiger partial charge in [0.05, 0.1) is 17.3 Å². The Kier molecular flexibility index (Phi) is 4.40. The summed E-state index contributed by atoms with van der Waals surface area (Å²) in [6.45, 7) is 1.90. The molecular formula is C22H22N2O6S. The second-order valence-corrected chi connectivity index (χ2v) is 10.0. The van der Waals surface area contributed by atoms with Gasteiger partial charge in [-0.05, 0) is 43.0 Å². The van der Waals surface area contributed by atoms with Crippen LogP contribution in [0.4, 0.5) is 11.4 Å². The number of phenolic OH excluding ortho intramolecular Hbond substituents is 1. The van der Waals surface area contributed by atoms with Crippen LogP contribution in [0.5, 0.6) is 5.75 Å². The minimum absolute atomic E-state index is 0.0325. The molecule has 8 nitrogen and oxygen atoms in total. The summed E-state index contributed by atoms with van der Waals surface area (Å²) in [6.07, 6.45) is -0.304. The third kappa shape index (κ3) is 2.95. The number of benzene rings is 2. The smallest absolute Gasteiger partial charge is 0.269 e. The second kappa shape index (κ2) is 6.81. The van der Waals surface area contributed by atoms with Crippen LogP contribution >= 0.6 is 0 Å². The summed E-state index contributed by atoms with van der Waals surface area (Å²) in [5.41, 5.74) is 2.54. The van der Waals surface area contributed by atoms with Crippen LogP contribution in [-0.4, -0.2) is 40.4 Å². The van der Waals surface area contributed by atoms with Crippen LogP contribution in [0.2, 0.25) is 0 Å². The van der Waals surface area contributed by atoms with E-state index in [1.165, 1.54) is 12.1 Å². The van der Waals surface area contributed by atoms with Gasteiger partial charge in [0.1, 0.15) is 17.1 Å². The van der Waals surface area contributed by atoms with Gasteiger partial charge in [-0.3, -0.25) is 9.35 Å². The van der Waals surface area contributed by atoms with Gasteiger partial charge in [-0.1, -0.05) is 25.1 Å². The highest BCUT2D eigenvalue weighted by molar-refractivity contribution is 7.86. The molecule has 0 saturated heterocycles. The van der Waals surface area contributed by atoms with E-state index in [-0.39, 0.29) is 29.4 Å². The number of aromatic hydroxyl groups is 1. The zero-order valence-electron chi connectivity index (χ0n) is 16.7. The van der Waals surface area contributed by atoms with Crippen molar-refractivity contribution in [2.75, 3.05) is 10.2 Å². The topological polar surface area (TPSA) is 127 Å². The SMILES string of the molecule is CC1CCC(S(=O)(=O)O)C1N1/C(=C2\C(=O)Nc3ccc(O)cc32)C(O)c2ccccc21. The van der Waals surface area contributed by atoms with Crippen molar-refractivity contribution in [3.63, 3.8) is 0 Å². The van der Waals surface area contributed by atoms with E-state index in [4.69, 9.17) is 0 Å². The molecule has 9 heteroatoms. The maximum Gasteiger partial charge on any atom is 0.269 e. The molecule has 1 amide bonds. The van der Waals surface area contributed by atoms with Crippen LogP contribution in [0.1, 0.15) is 37.0 Å². The molecule has 2 aromatic rings. The Morgan fingerprint density at radius 3 is 2.61 bits per heavy atom. The van der Waals surface area contributed by atoms with Crippen molar-refractivity contribution in [1.82, 2.24) is 0 Å². The fraction of sp³-hybridized carbons (Fsp3) is 0.318. The van der Waals surface area contributed by atoms with E-state index in [0.29, 0.717) is 28.9 Å². The molecule has 1 saturated carbocycles. The second-order valence-electron chi connectivity index (χ2n) is 8.37. The third-order valence-electron chi connectivity index (χ3n) is 6.56. The van der Waals surface area contributed by atoms with Gasteiger partial charge in [-0.15, -0.1) is 0 Å². The molecule has 4 N–H and O–H groups in total. The first-order chi connectivity index (χ1) is 14.7. The monoisotopic (exact) mass is 442 g/mol. The first-order valence-electron chi connectivity index (χ1n) is 10.1. The number of amides is 1. The Morgan fingerprint density at radius 2 is 1.87 bits per heavy atom. The summed E-state index contributed by atoms with van der Waals surface area (Å²) >= 11 is 0. The lowest BCUT2D eigenvalue weighted by atomic mass is 9.98. The van der Waals surface area contributed by atoms with Gasteiger partial charge in [-0.25, -0.2) is 0 Å². The number of anilines is 2. The number of rotatable bonds is 2. The largest absolute Gasteiger partial charge is 0.508 e. The van der Waals surface area contributed by atoms with Crippen molar-refractivity contribution in [2.45, 2.75) is 37.2 Å². The van der Waals surface area contributed by atoms with Gasteiger partial charge < -0.3 is 20.4 Å². The molecule has 162 valence electrons. The Bertz CT molecular complexity index is 1240. The summed E-state index contributed by atoms with van der Waals surface area (Å²) < 4.78 is 34.4. The van der Waals surface area contributed by atoms with Crippen LogP contribution < -0.4 is 10.2 Å². The van der Waals surface area contributed by atoms with Crippen molar-refractivity contribution in [2.24, 2.45) is 5.92 Å². The number of aliphatic hydroxyl groups is 1. The zero-order chi connectivity index (χ0) is 22.1. The van der Waals surface area contributed by atoms with Crippen molar-refractivity contribution < 1.29 is 28.0 Å². The number of phenols is 1. The van der Waals surface area contributed by atoms with E-state index >= 15 is 0 Å². The van der Waals surface area contributed by atoms with E-state index in [1.807, 2.05) is 6.92 Å². The van der Waals surface area contributed by atoms with Gasteiger partial charge in [0.2, 0.25) is 0 Å². The highest BCUT2D eigenvalue weighted by Crippen LogP contribution is 2.52. The summed E-state index contributed by atoms with van der Waals surface area (Å²) in [5, 5.41) is 23.0. The fourth-order valence-electron chi connectivity index (χ4n) is 5.22. The summed E-state index contributed by atoms with van der Waals surface area (Å²) in [5.74, 6) is -0.592. The Hall–Kier alpha value is -2.88. The number of carbonyl (C=O) groups excluding carboxylic acids is 1. The number of hydrogen-bond donors (Lipinski definition) is 4. The van der Waals surface area contributed by atoms with E-state index < -0.39 is 33.4 Å². The number of nitrogens with one attached hydrogen (secondary N) is 1. The highest BCUT2D eigenvalue weighted by atomic mass is 32.2. The molecule has 0 radical (unpaired) electrons. The van der Waals surface area contributed by atoms with Gasteiger partial charge >= 0.3 is 0 Å². The number of para-hydroxylation sites is 1. The zero-order valence-corrected chi connectivity index (χ0v) is 17.5. The Labute approximate surface area is 179 Å². The third-order valence-corrected chi connectivity index (χ3v) is 7.84. The fourth-order valence-corrected chi connectivity index (χ4v) is 6.39. The maximum atomic E-state index is 13.0. The molecule has 2 heterocycles. The average Bonchev–Trinajstić information content (AvgIpc) is 3.33. The normalized spacial score (nSPS) is 29.8. The summed E-state index contributed by atoms with van der Waals surface area (Å²) in [7, 11) is -4.36. The molecule has 1 aliphatic carbocycles. The lowest BCUT2D eigenvalue weighted by molar-refractivity contribution is -0.110. The Balaban J connectivity index is 1.79. The standard InChI is InChI=1S/C22H22N2O6S/c1-11-6-9-17(31(28,29)30)19(11)24-16-5-3-2-4-13(16)21(26)20(24)18-14-10-12(25)7-8-15(14)23-22(18)27/h2-5,7-8,10-11,17,19,21,25-26H,6,9H2,1H3,(H,23,27)(H,28,29,30)/b20-18-. The number of aliphatic hydroxyl groups excluding tert-OH is 1. The first kappa shape index (κ1) is 20.0. The van der Waals surface area contributed by atoms with Gasteiger partial charge in [0.15, 0.2) is 0 Å².